The predicted molar refractivity (Wildman–Crippen MR) is 168 cm³/mol. The summed E-state index contributed by atoms with van der Waals surface area (Å²) in [6, 6.07) is 0.251. The molecule has 4 fully saturated rings. The van der Waals surface area contributed by atoms with Gasteiger partial charge in [-0.25, -0.2) is 21.4 Å². The van der Waals surface area contributed by atoms with E-state index in [9.17, 15) is 25.9 Å². The third-order valence-electron chi connectivity index (χ3n) is 10.8. The van der Waals surface area contributed by atoms with E-state index in [0.717, 1.165) is 42.7 Å². The van der Waals surface area contributed by atoms with Gasteiger partial charge >= 0.3 is 51.4 Å². The number of ether oxygens (including phenoxy) is 1. The van der Waals surface area contributed by atoms with Crippen LogP contribution in [-0.2, 0) is 25.0 Å². The zero-order valence-electron chi connectivity index (χ0n) is 26.9. The molecule has 1 saturated heterocycles. The van der Waals surface area contributed by atoms with Crippen LogP contribution in [0.25, 0.3) is 0 Å². The molecule has 0 aromatic rings. The molecule has 5 rings (SSSR count). The maximum Gasteiger partial charge on any atom is 1.00 e. The molecule has 0 radical (unpaired) electrons. The smallest absolute Gasteiger partial charge is 0.748 e. The minimum absolute atomic E-state index is 0. The van der Waals surface area contributed by atoms with Crippen molar-refractivity contribution in [2.75, 3.05) is 24.6 Å². The van der Waals surface area contributed by atoms with Crippen LogP contribution in [-0.4, -0.2) is 88.5 Å². The Hall–Kier alpha value is 0.556. The summed E-state index contributed by atoms with van der Waals surface area (Å²) in [5, 5.41) is 1.33. The minimum atomic E-state index is -4.38. The van der Waals surface area contributed by atoms with E-state index in [0.29, 0.717) is 41.2 Å². The molecule has 244 valence electrons. The van der Waals surface area contributed by atoms with Gasteiger partial charge in [0.25, 0.3) is 0 Å². The minimum Gasteiger partial charge on any atom is -0.748 e. The molecule has 0 aromatic carbocycles. The zero-order valence-corrected chi connectivity index (χ0v) is 32.4. The van der Waals surface area contributed by atoms with Gasteiger partial charge in [-0.05, 0) is 73.1 Å². The fourth-order valence-electron chi connectivity index (χ4n) is 8.17. The molecule has 0 bridgehead atoms. The SMILES string of the molecule is CCC(=CC1=[N+](CCS(=O)(=O)[O-])C2CC(C)C(C)CC2S1)C=C1OC2CCC(C3CCCCC3)CC2N1CCS(=O)(=O)[O-].[K+]. The average Bonchev–Trinajstić information content (AvgIpc) is 3.45. The van der Waals surface area contributed by atoms with Crippen LogP contribution in [0.1, 0.15) is 91.4 Å². The Morgan fingerprint density at radius 1 is 0.955 bits per heavy atom. The van der Waals surface area contributed by atoms with Gasteiger partial charge in [-0.1, -0.05) is 52.9 Å². The summed E-state index contributed by atoms with van der Waals surface area (Å²) >= 11 is 1.78. The molecule has 13 heteroatoms. The van der Waals surface area contributed by atoms with E-state index < -0.39 is 31.7 Å². The third kappa shape index (κ3) is 9.59. The Morgan fingerprint density at radius 2 is 1.64 bits per heavy atom. The first-order valence-corrected chi connectivity index (χ1v) is 20.4. The average molecular weight is 697 g/mol. The second kappa shape index (κ2) is 15.8. The second-order valence-electron chi connectivity index (χ2n) is 13.6. The molecule has 5 aliphatic rings. The van der Waals surface area contributed by atoms with Gasteiger partial charge in [0.05, 0.1) is 32.9 Å². The second-order valence-corrected chi connectivity index (χ2v) is 18.0. The zero-order chi connectivity index (χ0) is 30.9. The van der Waals surface area contributed by atoms with E-state index in [4.69, 9.17) is 4.74 Å². The van der Waals surface area contributed by atoms with Crippen LogP contribution in [0, 0.1) is 23.7 Å². The molecular weight excluding hydrogens is 648 g/mol. The van der Waals surface area contributed by atoms with Gasteiger partial charge in [-0.2, -0.15) is 0 Å². The predicted octanol–water partition coefficient (Wildman–Crippen LogP) is 1.67. The van der Waals surface area contributed by atoms with E-state index >= 15 is 0 Å². The van der Waals surface area contributed by atoms with Gasteiger partial charge in [0.1, 0.15) is 16.2 Å². The maximum atomic E-state index is 11.7. The molecule has 2 aliphatic heterocycles. The fourth-order valence-corrected chi connectivity index (χ4v) is 10.7. The van der Waals surface area contributed by atoms with E-state index in [2.05, 4.69) is 31.4 Å². The number of thioether (sulfide) groups is 1. The summed E-state index contributed by atoms with van der Waals surface area (Å²) in [4.78, 5) is 2.04. The van der Waals surface area contributed by atoms with Crippen molar-refractivity contribution in [3.05, 3.63) is 23.6 Å². The van der Waals surface area contributed by atoms with Gasteiger partial charge in [0.15, 0.2) is 18.5 Å². The van der Waals surface area contributed by atoms with Crippen molar-refractivity contribution in [1.29, 1.82) is 0 Å². The van der Waals surface area contributed by atoms with Crippen molar-refractivity contribution in [3.8, 4) is 0 Å². The normalized spacial score (nSPS) is 34.5. The molecule has 9 nitrogen and oxygen atoms in total. The topological polar surface area (TPSA) is 130 Å². The summed E-state index contributed by atoms with van der Waals surface area (Å²) in [6.07, 6.45) is 16.2. The number of hydrogen-bond donors (Lipinski definition) is 0. The van der Waals surface area contributed by atoms with Crippen LogP contribution in [0.2, 0.25) is 0 Å². The van der Waals surface area contributed by atoms with Crippen LogP contribution >= 0.6 is 11.8 Å². The Morgan fingerprint density at radius 3 is 2.30 bits per heavy atom. The van der Waals surface area contributed by atoms with Crippen LogP contribution in [0.4, 0.5) is 0 Å². The van der Waals surface area contributed by atoms with E-state index in [1.165, 1.54) is 32.1 Å². The van der Waals surface area contributed by atoms with Gasteiger partial charge < -0.3 is 18.7 Å². The van der Waals surface area contributed by atoms with Crippen LogP contribution < -0.4 is 51.4 Å². The molecule has 2 heterocycles. The number of hydrogen-bond acceptors (Lipinski definition) is 9. The summed E-state index contributed by atoms with van der Waals surface area (Å²) in [6.45, 7) is 6.87. The van der Waals surface area contributed by atoms with E-state index in [1.54, 1.807) is 11.8 Å². The van der Waals surface area contributed by atoms with Crippen molar-refractivity contribution in [2.45, 2.75) is 115 Å². The summed E-state index contributed by atoms with van der Waals surface area (Å²) in [7, 11) is -8.73. The first kappa shape index (κ1) is 37.4. The molecule has 7 atom stereocenters. The van der Waals surface area contributed by atoms with Gasteiger partial charge in [-0.15, -0.1) is 0 Å². The molecular formula is C31H49KN2O7S3. The van der Waals surface area contributed by atoms with Crippen molar-refractivity contribution in [3.63, 3.8) is 0 Å². The van der Waals surface area contributed by atoms with Crippen molar-refractivity contribution in [1.82, 2.24) is 4.90 Å². The molecule has 44 heavy (non-hydrogen) atoms. The number of fused-ring (bicyclic) bond motifs is 2. The fraction of sp³-hybridized carbons (Fsp3) is 0.839. The third-order valence-corrected chi connectivity index (χ3v) is 13.6. The molecule has 0 spiro atoms. The van der Waals surface area contributed by atoms with Crippen molar-refractivity contribution < 1.29 is 86.6 Å². The van der Waals surface area contributed by atoms with Crippen LogP contribution in [0.15, 0.2) is 23.6 Å². The van der Waals surface area contributed by atoms with Crippen molar-refractivity contribution >= 4 is 37.0 Å². The Bertz CT molecular complexity index is 1330. The standard InChI is InChI=1S/C31H50N2O7S3.K/c1-4-23(19-31-33(13-15-43(37,38)39)27-16-21(2)22(3)17-29(27)41-31)18-30-32(12-14-42(34,35)36)26-20-25(10-11-28(26)40-30)24-8-6-5-7-9-24;/h18-19,21-22,24-29H,4-17,20H2,1-3H3,(H-,34,35,36,37,38,39);/q;+1/p-1. The first-order chi connectivity index (χ1) is 20.3. The molecule has 0 amide bonds. The number of allylic oxidation sites excluding steroid dienone is 2. The molecule has 3 saturated carbocycles. The van der Waals surface area contributed by atoms with Crippen LogP contribution in [0.5, 0.6) is 0 Å². The van der Waals surface area contributed by atoms with Crippen LogP contribution in [0.3, 0.4) is 0 Å². The molecule has 0 aromatic heterocycles. The van der Waals surface area contributed by atoms with E-state index in [-0.39, 0.29) is 82.7 Å². The van der Waals surface area contributed by atoms with Gasteiger partial charge in [-0.3, -0.25) is 0 Å². The monoisotopic (exact) mass is 696 g/mol. The summed E-state index contributed by atoms with van der Waals surface area (Å²) < 4.78 is 78.5. The number of rotatable bonds is 10. The van der Waals surface area contributed by atoms with Gasteiger partial charge in [0, 0.05) is 25.1 Å². The Balaban J connectivity index is 0.00000442. The Labute approximate surface area is 312 Å². The molecule has 7 unspecified atom stereocenters. The van der Waals surface area contributed by atoms with Crippen molar-refractivity contribution in [2.24, 2.45) is 23.7 Å². The summed E-state index contributed by atoms with van der Waals surface area (Å²) in [5.74, 6) is 2.16. The maximum absolute atomic E-state index is 11.7. The van der Waals surface area contributed by atoms with Gasteiger partial charge in [0.2, 0.25) is 5.04 Å². The quantitative estimate of drug-likeness (QED) is 0.190. The largest absolute Gasteiger partial charge is 1.00 e. The Kier molecular flexibility index (Phi) is 13.5. The van der Waals surface area contributed by atoms with E-state index in [1.807, 2.05) is 11.0 Å². The number of nitrogens with zero attached hydrogens (tertiary/aromatic N) is 2. The first-order valence-electron chi connectivity index (χ1n) is 16.3. The molecule has 0 N–H and O–H groups in total. The summed E-state index contributed by atoms with van der Waals surface area (Å²) in [5.41, 5.74) is 0.990. The molecule has 3 aliphatic carbocycles.